The molecule has 0 aromatic carbocycles. The molecule has 1 fully saturated rings. The van der Waals surface area contributed by atoms with Crippen LogP contribution < -0.4 is 0 Å². The molecule has 0 aromatic heterocycles. The minimum atomic E-state index is 0.0970. The minimum Gasteiger partial charge on any atom is -0.300 e. The Morgan fingerprint density at radius 2 is 2.00 bits per heavy atom. The van der Waals surface area contributed by atoms with Crippen LogP contribution in [0.4, 0.5) is 0 Å². The SMILES string of the molecule is C#CCCN1CCN(C(C#N)CC)CC1. The van der Waals surface area contributed by atoms with Gasteiger partial charge in [-0.2, -0.15) is 5.26 Å². The Kier molecular flexibility index (Phi) is 5.18. The first-order valence-electron chi connectivity index (χ1n) is 5.61. The molecule has 1 aliphatic rings. The van der Waals surface area contributed by atoms with Gasteiger partial charge in [-0.15, -0.1) is 12.3 Å². The molecular formula is C12H19N3. The zero-order valence-corrected chi connectivity index (χ0v) is 9.45. The third-order valence-corrected chi connectivity index (χ3v) is 2.96. The molecule has 1 unspecified atom stereocenters. The number of rotatable bonds is 4. The van der Waals surface area contributed by atoms with Gasteiger partial charge in [0.2, 0.25) is 0 Å². The molecule has 0 saturated carbocycles. The van der Waals surface area contributed by atoms with Gasteiger partial charge in [-0.1, -0.05) is 6.92 Å². The summed E-state index contributed by atoms with van der Waals surface area (Å²) in [4.78, 5) is 4.65. The monoisotopic (exact) mass is 205 g/mol. The summed E-state index contributed by atoms with van der Waals surface area (Å²) < 4.78 is 0. The number of terminal acetylenes is 1. The first-order valence-corrected chi connectivity index (χ1v) is 5.61. The van der Waals surface area contributed by atoms with Crippen molar-refractivity contribution >= 4 is 0 Å². The van der Waals surface area contributed by atoms with Gasteiger partial charge >= 0.3 is 0 Å². The molecule has 3 heteroatoms. The smallest absolute Gasteiger partial charge is 0.0976 e. The van der Waals surface area contributed by atoms with E-state index >= 15 is 0 Å². The molecule has 1 saturated heterocycles. The fourth-order valence-corrected chi connectivity index (χ4v) is 1.95. The van der Waals surface area contributed by atoms with Gasteiger partial charge in [0.15, 0.2) is 0 Å². The average Bonchev–Trinajstić information content (AvgIpc) is 2.29. The van der Waals surface area contributed by atoms with E-state index in [1.807, 2.05) is 0 Å². The molecule has 15 heavy (non-hydrogen) atoms. The second kappa shape index (κ2) is 6.45. The van der Waals surface area contributed by atoms with Crippen LogP contribution in [0.25, 0.3) is 0 Å². The molecular weight excluding hydrogens is 186 g/mol. The number of nitrogens with zero attached hydrogens (tertiary/aromatic N) is 3. The zero-order chi connectivity index (χ0) is 11.1. The molecule has 82 valence electrons. The lowest BCUT2D eigenvalue weighted by atomic mass is 10.2. The van der Waals surface area contributed by atoms with E-state index in [0.29, 0.717) is 0 Å². The normalized spacial score (nSPS) is 20.5. The van der Waals surface area contributed by atoms with Crippen molar-refractivity contribution in [3.05, 3.63) is 0 Å². The number of piperazine rings is 1. The fourth-order valence-electron chi connectivity index (χ4n) is 1.95. The van der Waals surface area contributed by atoms with E-state index in [4.69, 9.17) is 11.7 Å². The third kappa shape index (κ3) is 3.55. The Morgan fingerprint density at radius 3 is 2.47 bits per heavy atom. The fraction of sp³-hybridized carbons (Fsp3) is 0.750. The molecule has 0 N–H and O–H groups in total. The Morgan fingerprint density at radius 1 is 1.33 bits per heavy atom. The van der Waals surface area contributed by atoms with Crippen molar-refractivity contribution in [1.82, 2.24) is 9.80 Å². The predicted molar refractivity (Wildman–Crippen MR) is 61.2 cm³/mol. The Labute approximate surface area is 92.7 Å². The summed E-state index contributed by atoms with van der Waals surface area (Å²) in [7, 11) is 0. The zero-order valence-electron chi connectivity index (χ0n) is 9.45. The van der Waals surface area contributed by atoms with Gasteiger partial charge in [0.05, 0.1) is 12.1 Å². The van der Waals surface area contributed by atoms with Gasteiger partial charge < -0.3 is 0 Å². The lowest BCUT2D eigenvalue weighted by Gasteiger charge is -2.36. The summed E-state index contributed by atoms with van der Waals surface area (Å²) in [6.07, 6.45) is 6.98. The number of hydrogen-bond acceptors (Lipinski definition) is 3. The molecule has 0 aliphatic carbocycles. The lowest BCUT2D eigenvalue weighted by Crippen LogP contribution is -2.49. The van der Waals surface area contributed by atoms with E-state index < -0.39 is 0 Å². The van der Waals surface area contributed by atoms with Crippen molar-refractivity contribution in [3.63, 3.8) is 0 Å². The minimum absolute atomic E-state index is 0.0970. The van der Waals surface area contributed by atoms with Crippen LogP contribution in [-0.4, -0.2) is 48.6 Å². The maximum absolute atomic E-state index is 8.95. The average molecular weight is 205 g/mol. The van der Waals surface area contributed by atoms with Crippen molar-refractivity contribution in [1.29, 1.82) is 5.26 Å². The summed E-state index contributed by atoms with van der Waals surface area (Å²) in [6, 6.07) is 2.45. The summed E-state index contributed by atoms with van der Waals surface area (Å²) in [5.41, 5.74) is 0. The van der Waals surface area contributed by atoms with Gasteiger partial charge in [-0.05, 0) is 6.42 Å². The molecule has 0 aromatic rings. The third-order valence-electron chi connectivity index (χ3n) is 2.96. The highest BCUT2D eigenvalue weighted by atomic mass is 15.3. The Bertz CT molecular complexity index is 253. The summed E-state index contributed by atoms with van der Waals surface area (Å²) >= 11 is 0. The second-order valence-electron chi connectivity index (χ2n) is 3.88. The lowest BCUT2D eigenvalue weighted by molar-refractivity contribution is 0.114. The molecule has 0 radical (unpaired) electrons. The highest BCUT2D eigenvalue weighted by molar-refractivity contribution is 4.93. The van der Waals surface area contributed by atoms with Gasteiger partial charge in [-0.25, -0.2) is 0 Å². The van der Waals surface area contributed by atoms with Crippen molar-refractivity contribution in [2.45, 2.75) is 25.8 Å². The van der Waals surface area contributed by atoms with E-state index in [2.05, 4.69) is 28.7 Å². The summed E-state index contributed by atoms with van der Waals surface area (Å²) in [6.45, 7) is 7.14. The second-order valence-corrected chi connectivity index (χ2v) is 3.88. The standard InChI is InChI=1S/C12H19N3/c1-3-5-6-14-7-9-15(10-8-14)12(4-2)11-13/h1,12H,4-10H2,2H3. The van der Waals surface area contributed by atoms with Gasteiger partial charge in [-0.3, -0.25) is 9.80 Å². The van der Waals surface area contributed by atoms with E-state index in [-0.39, 0.29) is 6.04 Å². The van der Waals surface area contributed by atoms with E-state index in [1.54, 1.807) is 0 Å². The van der Waals surface area contributed by atoms with Crippen LogP contribution in [-0.2, 0) is 0 Å². The number of hydrogen-bond donors (Lipinski definition) is 0. The van der Waals surface area contributed by atoms with Crippen LogP contribution in [0.15, 0.2) is 0 Å². The van der Waals surface area contributed by atoms with E-state index in [1.165, 1.54) is 0 Å². The molecule has 1 heterocycles. The van der Waals surface area contributed by atoms with Crippen LogP contribution in [0, 0.1) is 23.7 Å². The van der Waals surface area contributed by atoms with Gasteiger partial charge in [0, 0.05) is 39.1 Å². The van der Waals surface area contributed by atoms with E-state index in [9.17, 15) is 0 Å². The Hall–Kier alpha value is -1.03. The molecule has 0 spiro atoms. The summed E-state index contributed by atoms with van der Waals surface area (Å²) in [5.74, 6) is 2.66. The molecule has 0 bridgehead atoms. The maximum atomic E-state index is 8.95. The van der Waals surface area contributed by atoms with E-state index in [0.717, 1.165) is 45.6 Å². The molecule has 1 atom stereocenters. The van der Waals surface area contributed by atoms with Crippen LogP contribution in [0.3, 0.4) is 0 Å². The summed E-state index contributed by atoms with van der Waals surface area (Å²) in [5, 5.41) is 8.95. The quantitative estimate of drug-likeness (QED) is 0.640. The molecule has 3 nitrogen and oxygen atoms in total. The molecule has 0 amide bonds. The van der Waals surface area contributed by atoms with Crippen LogP contribution in [0.5, 0.6) is 0 Å². The van der Waals surface area contributed by atoms with Gasteiger partial charge in [0.25, 0.3) is 0 Å². The first kappa shape index (κ1) is 12.0. The van der Waals surface area contributed by atoms with Crippen molar-refractivity contribution < 1.29 is 0 Å². The van der Waals surface area contributed by atoms with Crippen molar-refractivity contribution in [3.8, 4) is 18.4 Å². The largest absolute Gasteiger partial charge is 0.300 e. The predicted octanol–water partition coefficient (Wildman–Crippen LogP) is 0.929. The first-order chi connectivity index (χ1) is 7.31. The topological polar surface area (TPSA) is 30.3 Å². The van der Waals surface area contributed by atoms with Gasteiger partial charge in [0.1, 0.15) is 0 Å². The van der Waals surface area contributed by atoms with Crippen LogP contribution in [0.1, 0.15) is 19.8 Å². The number of nitriles is 1. The highest BCUT2D eigenvalue weighted by Crippen LogP contribution is 2.08. The highest BCUT2D eigenvalue weighted by Gasteiger charge is 2.21. The van der Waals surface area contributed by atoms with Crippen molar-refractivity contribution in [2.24, 2.45) is 0 Å². The Balaban J connectivity index is 2.30. The van der Waals surface area contributed by atoms with Crippen LogP contribution >= 0.6 is 0 Å². The van der Waals surface area contributed by atoms with Crippen molar-refractivity contribution in [2.75, 3.05) is 32.7 Å². The molecule has 1 aliphatic heterocycles. The maximum Gasteiger partial charge on any atom is 0.0976 e. The van der Waals surface area contributed by atoms with Crippen LogP contribution in [0.2, 0.25) is 0 Å². The molecule has 1 rings (SSSR count).